The molecule has 1 aromatic carbocycles. The summed E-state index contributed by atoms with van der Waals surface area (Å²) in [7, 11) is 0. The Morgan fingerprint density at radius 2 is 2.09 bits per heavy atom. The number of aromatic amines is 1. The third-order valence-corrected chi connectivity index (χ3v) is 4.08. The van der Waals surface area contributed by atoms with E-state index in [-0.39, 0.29) is 12.0 Å². The van der Waals surface area contributed by atoms with Gasteiger partial charge in [-0.1, -0.05) is 13.0 Å². The number of allylic oxidation sites excluding steroid dienone is 2. The standard InChI is InChI=1S/C18H17FN4/c1-2-15-21-17(12-3-6-14(19)7-4-12)18(22-15)13-5-8-16-20-9-10-23(16)11-13/h3-11,16,20H,2H2,1H3,(H,21,22). The summed E-state index contributed by atoms with van der Waals surface area (Å²) in [6.45, 7) is 2.06. The number of imidazole rings is 1. The minimum Gasteiger partial charge on any atom is -0.366 e. The fraction of sp³-hybridized carbons (Fsp3) is 0.167. The van der Waals surface area contributed by atoms with E-state index >= 15 is 0 Å². The molecule has 1 unspecified atom stereocenters. The van der Waals surface area contributed by atoms with E-state index in [1.165, 1.54) is 12.1 Å². The van der Waals surface area contributed by atoms with Crippen LogP contribution in [0.5, 0.6) is 0 Å². The Hall–Kier alpha value is -2.82. The second-order valence-electron chi connectivity index (χ2n) is 5.59. The Balaban J connectivity index is 1.79. The first-order chi connectivity index (χ1) is 11.2. The van der Waals surface area contributed by atoms with Crippen LogP contribution in [-0.4, -0.2) is 21.0 Å². The number of halogens is 1. The Bertz CT molecular complexity index is 814. The van der Waals surface area contributed by atoms with Crippen molar-refractivity contribution in [2.24, 2.45) is 0 Å². The van der Waals surface area contributed by atoms with Gasteiger partial charge in [0.05, 0.1) is 11.4 Å². The molecule has 0 fully saturated rings. The highest BCUT2D eigenvalue weighted by molar-refractivity contribution is 5.82. The summed E-state index contributed by atoms with van der Waals surface area (Å²) in [5.74, 6) is 0.681. The summed E-state index contributed by atoms with van der Waals surface area (Å²) in [5, 5.41) is 3.25. The second-order valence-corrected chi connectivity index (χ2v) is 5.59. The van der Waals surface area contributed by atoms with Gasteiger partial charge in [-0.2, -0.15) is 0 Å². The molecule has 0 radical (unpaired) electrons. The lowest BCUT2D eigenvalue weighted by molar-refractivity contribution is 0.428. The lowest BCUT2D eigenvalue weighted by Gasteiger charge is -2.23. The van der Waals surface area contributed by atoms with Crippen molar-refractivity contribution in [1.29, 1.82) is 0 Å². The maximum atomic E-state index is 13.2. The predicted octanol–water partition coefficient (Wildman–Crippen LogP) is 3.39. The van der Waals surface area contributed by atoms with E-state index in [0.717, 1.165) is 34.8 Å². The Morgan fingerprint density at radius 1 is 1.26 bits per heavy atom. The van der Waals surface area contributed by atoms with Crippen molar-refractivity contribution < 1.29 is 4.39 Å². The molecule has 2 aliphatic heterocycles. The Kier molecular flexibility index (Phi) is 3.26. The molecule has 0 amide bonds. The first-order valence-corrected chi connectivity index (χ1v) is 7.70. The normalized spacial score (nSPS) is 18.8. The average Bonchev–Trinajstić information content (AvgIpc) is 3.21. The van der Waals surface area contributed by atoms with Crippen LogP contribution in [0, 0.1) is 5.82 Å². The lowest BCUT2D eigenvalue weighted by Crippen LogP contribution is -2.31. The highest BCUT2D eigenvalue weighted by Crippen LogP contribution is 2.31. The number of benzene rings is 1. The quantitative estimate of drug-likeness (QED) is 0.913. The van der Waals surface area contributed by atoms with Crippen LogP contribution in [0.25, 0.3) is 16.8 Å². The predicted molar refractivity (Wildman–Crippen MR) is 88.4 cm³/mol. The largest absolute Gasteiger partial charge is 0.366 e. The molecule has 2 aliphatic rings. The zero-order chi connectivity index (χ0) is 15.8. The molecule has 23 heavy (non-hydrogen) atoms. The van der Waals surface area contributed by atoms with Crippen molar-refractivity contribution in [3.8, 4) is 11.3 Å². The van der Waals surface area contributed by atoms with Gasteiger partial charge in [-0.25, -0.2) is 9.37 Å². The summed E-state index contributed by atoms with van der Waals surface area (Å²) in [4.78, 5) is 10.2. The first-order valence-electron chi connectivity index (χ1n) is 7.70. The van der Waals surface area contributed by atoms with Crippen molar-refractivity contribution in [1.82, 2.24) is 20.2 Å². The summed E-state index contributed by atoms with van der Waals surface area (Å²) < 4.78 is 13.2. The molecule has 4 nitrogen and oxygen atoms in total. The van der Waals surface area contributed by atoms with Crippen LogP contribution in [-0.2, 0) is 6.42 Å². The van der Waals surface area contributed by atoms with Gasteiger partial charge in [0.15, 0.2) is 0 Å². The minimum absolute atomic E-state index is 0.182. The van der Waals surface area contributed by atoms with Crippen molar-refractivity contribution in [3.05, 3.63) is 72.4 Å². The fourth-order valence-corrected chi connectivity index (χ4v) is 2.85. The lowest BCUT2D eigenvalue weighted by atomic mass is 10.0. The highest BCUT2D eigenvalue weighted by atomic mass is 19.1. The molecule has 2 N–H and O–H groups in total. The molecule has 0 bridgehead atoms. The second kappa shape index (κ2) is 5.43. The first kappa shape index (κ1) is 13.8. The molecule has 1 atom stereocenters. The topological polar surface area (TPSA) is 44.0 Å². The molecule has 116 valence electrons. The van der Waals surface area contributed by atoms with Gasteiger partial charge in [0.25, 0.3) is 0 Å². The number of rotatable bonds is 3. The van der Waals surface area contributed by atoms with Crippen LogP contribution in [0.15, 0.2) is 55.0 Å². The molecule has 1 aromatic heterocycles. The number of hydrogen-bond donors (Lipinski definition) is 2. The van der Waals surface area contributed by atoms with Gasteiger partial charge in [0.2, 0.25) is 0 Å². The van der Waals surface area contributed by atoms with Gasteiger partial charge in [-0.05, 0) is 30.3 Å². The SMILES string of the molecule is CCc1nc(-c2ccc(F)cc2)c(C2=CN3C=CNC3C=C2)[nH]1. The van der Waals surface area contributed by atoms with Gasteiger partial charge >= 0.3 is 0 Å². The van der Waals surface area contributed by atoms with Gasteiger partial charge in [0.1, 0.15) is 17.8 Å². The van der Waals surface area contributed by atoms with Crippen molar-refractivity contribution >= 4 is 5.57 Å². The van der Waals surface area contributed by atoms with Gasteiger partial charge in [0, 0.05) is 36.2 Å². The van der Waals surface area contributed by atoms with Crippen LogP contribution in [0.4, 0.5) is 4.39 Å². The van der Waals surface area contributed by atoms with Crippen LogP contribution in [0.3, 0.4) is 0 Å². The van der Waals surface area contributed by atoms with Gasteiger partial charge < -0.3 is 15.2 Å². The van der Waals surface area contributed by atoms with E-state index in [1.54, 1.807) is 12.1 Å². The Morgan fingerprint density at radius 3 is 2.87 bits per heavy atom. The highest BCUT2D eigenvalue weighted by Gasteiger charge is 2.21. The van der Waals surface area contributed by atoms with Crippen LogP contribution < -0.4 is 5.32 Å². The number of aromatic nitrogens is 2. The zero-order valence-corrected chi connectivity index (χ0v) is 12.8. The van der Waals surface area contributed by atoms with E-state index in [9.17, 15) is 4.39 Å². The van der Waals surface area contributed by atoms with E-state index in [2.05, 4.69) is 45.5 Å². The molecule has 0 spiro atoms. The molecule has 2 aromatic rings. The maximum Gasteiger partial charge on any atom is 0.123 e. The average molecular weight is 308 g/mol. The molecular formula is C18H17FN4. The third kappa shape index (κ3) is 2.44. The zero-order valence-electron chi connectivity index (χ0n) is 12.8. The minimum atomic E-state index is -0.241. The van der Waals surface area contributed by atoms with Crippen molar-refractivity contribution in [2.45, 2.75) is 19.5 Å². The molecule has 0 saturated heterocycles. The monoisotopic (exact) mass is 308 g/mol. The molecule has 0 aliphatic carbocycles. The van der Waals surface area contributed by atoms with Crippen molar-refractivity contribution in [3.63, 3.8) is 0 Å². The molecular weight excluding hydrogens is 291 g/mol. The number of nitrogens with zero attached hydrogens (tertiary/aromatic N) is 2. The van der Waals surface area contributed by atoms with E-state index < -0.39 is 0 Å². The van der Waals surface area contributed by atoms with Gasteiger partial charge in [-0.3, -0.25) is 0 Å². The molecule has 3 heterocycles. The van der Waals surface area contributed by atoms with Crippen molar-refractivity contribution in [2.75, 3.05) is 0 Å². The van der Waals surface area contributed by atoms with Gasteiger partial charge in [-0.15, -0.1) is 0 Å². The van der Waals surface area contributed by atoms with E-state index in [1.807, 2.05) is 12.4 Å². The van der Waals surface area contributed by atoms with Crippen LogP contribution in [0.2, 0.25) is 0 Å². The van der Waals surface area contributed by atoms with E-state index in [4.69, 9.17) is 0 Å². The van der Waals surface area contributed by atoms with Crippen LogP contribution >= 0.6 is 0 Å². The van der Waals surface area contributed by atoms with E-state index in [0.29, 0.717) is 0 Å². The Labute approximate surface area is 134 Å². The number of nitrogens with one attached hydrogen (secondary N) is 2. The summed E-state index contributed by atoms with van der Waals surface area (Å²) in [5.41, 5.74) is 3.78. The molecule has 5 heteroatoms. The molecule has 0 saturated carbocycles. The number of fused-ring (bicyclic) bond motifs is 1. The summed E-state index contributed by atoms with van der Waals surface area (Å²) in [6, 6.07) is 6.46. The third-order valence-electron chi connectivity index (χ3n) is 4.08. The fourth-order valence-electron chi connectivity index (χ4n) is 2.85. The van der Waals surface area contributed by atoms with Crippen LogP contribution in [0.1, 0.15) is 18.4 Å². The molecule has 4 rings (SSSR count). The number of H-pyrrole nitrogens is 1. The maximum absolute atomic E-state index is 13.2. The number of aryl methyl sites for hydroxylation is 1. The smallest absolute Gasteiger partial charge is 0.123 e. The summed E-state index contributed by atoms with van der Waals surface area (Å²) >= 11 is 0. The summed E-state index contributed by atoms with van der Waals surface area (Å²) in [6.07, 6.45) is 11.2. The number of hydrogen-bond acceptors (Lipinski definition) is 3.